The molecule has 0 heterocycles. The Morgan fingerprint density at radius 2 is 1.06 bits per heavy atom. The molecule has 0 aliphatic carbocycles. The molecule has 4 nitrogen and oxygen atoms in total. The summed E-state index contributed by atoms with van der Waals surface area (Å²) in [6, 6.07) is 0. The van der Waals surface area contributed by atoms with Gasteiger partial charge < -0.3 is 0 Å². The summed E-state index contributed by atoms with van der Waals surface area (Å²) in [5.74, 6) is 1.22. The topological polar surface area (TPSA) is 31.2 Å². The predicted molar refractivity (Wildman–Crippen MR) is 71.6 cm³/mol. The van der Waals surface area contributed by atoms with Crippen LogP contribution in [0.5, 0.6) is 0 Å². The van der Waals surface area contributed by atoms with Gasteiger partial charge >= 0.3 is 111 Å². The van der Waals surface area contributed by atoms with E-state index in [2.05, 4.69) is 62.8 Å². The Hall–Kier alpha value is 0.208. The first-order valence-electron chi connectivity index (χ1n) is 6.28. The minimum atomic E-state index is -2.98. The van der Waals surface area contributed by atoms with Crippen LogP contribution in [0.15, 0.2) is 6.99 Å². The van der Waals surface area contributed by atoms with E-state index >= 15 is 0 Å². The first-order valence-corrected chi connectivity index (χ1v) is 11.5. The number of hydrogen-bond acceptors (Lipinski definition) is 2. The molecule has 0 aromatic heterocycles. The quantitative estimate of drug-likeness (QED) is 0.670. The maximum absolute atomic E-state index is 5.02. The van der Waals surface area contributed by atoms with Gasteiger partial charge in [0.2, 0.25) is 0 Å². The van der Waals surface area contributed by atoms with Gasteiger partial charge in [0.25, 0.3) is 0 Å². The van der Waals surface area contributed by atoms with Crippen LogP contribution < -0.4 is 0 Å². The molecular formula is C12H30N4W. The summed E-state index contributed by atoms with van der Waals surface area (Å²) in [5.41, 5.74) is 0. The second-order valence-corrected chi connectivity index (χ2v) is 16.1. The molecule has 0 atom stereocenters. The summed E-state index contributed by atoms with van der Waals surface area (Å²) in [6.07, 6.45) is 0. The summed E-state index contributed by atoms with van der Waals surface area (Å²) in [6.45, 7) is 10.7. The fraction of sp³-hybridized carbons (Fsp3) is 1.00. The van der Waals surface area contributed by atoms with Crippen molar-refractivity contribution in [2.45, 2.75) is 27.7 Å². The standard InChI is InChI=1S/2C4H9N.2C2H6N.W/c2*1-4(2)3-5;2*1-3-2;/h2*4H,3H2,1-2H3;2*1-2H3;/q;;2*-1;+2. The number of nitrogens with zero attached hydrogens (tertiary/aromatic N) is 4. The molecule has 0 unspecified atom stereocenters. The van der Waals surface area contributed by atoms with Gasteiger partial charge in [0.05, 0.1) is 0 Å². The van der Waals surface area contributed by atoms with E-state index in [4.69, 9.17) is 6.99 Å². The monoisotopic (exact) mass is 414 g/mol. The second-order valence-electron chi connectivity index (χ2n) is 5.53. The van der Waals surface area contributed by atoms with Crippen molar-refractivity contribution < 1.29 is 16.2 Å². The summed E-state index contributed by atoms with van der Waals surface area (Å²) < 4.78 is 14.6. The number of rotatable bonds is 6. The van der Waals surface area contributed by atoms with E-state index in [0.717, 1.165) is 13.1 Å². The molecule has 5 heteroatoms. The molecule has 0 spiro atoms. The zero-order valence-electron chi connectivity index (χ0n) is 12.8. The van der Waals surface area contributed by atoms with Crippen LogP contribution in [0.25, 0.3) is 0 Å². The Bertz CT molecular complexity index is 287. The fourth-order valence-corrected chi connectivity index (χ4v) is 10.9. The Morgan fingerprint density at radius 3 is 1.24 bits per heavy atom. The molecule has 17 heavy (non-hydrogen) atoms. The number of hydrogen-bond donors (Lipinski definition) is 0. The van der Waals surface area contributed by atoms with E-state index in [9.17, 15) is 0 Å². The van der Waals surface area contributed by atoms with Crippen molar-refractivity contribution >= 4 is 0 Å². The van der Waals surface area contributed by atoms with Gasteiger partial charge in [0.15, 0.2) is 0 Å². The summed E-state index contributed by atoms with van der Waals surface area (Å²) in [7, 11) is 8.51. The van der Waals surface area contributed by atoms with E-state index < -0.39 is 16.2 Å². The van der Waals surface area contributed by atoms with Gasteiger partial charge in [-0.2, -0.15) is 0 Å². The van der Waals surface area contributed by atoms with Crippen molar-refractivity contribution in [3.63, 3.8) is 0 Å². The Labute approximate surface area is 111 Å². The molecule has 104 valence electrons. The predicted octanol–water partition coefficient (Wildman–Crippen LogP) is 2.77. The van der Waals surface area contributed by atoms with E-state index in [1.165, 1.54) is 0 Å². The van der Waals surface area contributed by atoms with Crippen LogP contribution in [0.3, 0.4) is 0 Å². The molecule has 0 radical (unpaired) electrons. The van der Waals surface area contributed by atoms with Crippen molar-refractivity contribution in [3.8, 4) is 0 Å². The summed E-state index contributed by atoms with van der Waals surface area (Å²) in [4.78, 5) is 0. The molecule has 0 saturated carbocycles. The van der Waals surface area contributed by atoms with Crippen molar-refractivity contribution in [1.29, 1.82) is 0 Å². The normalized spacial score (nSPS) is 12.9. The van der Waals surface area contributed by atoms with Crippen LogP contribution in [-0.2, 0) is 16.2 Å². The third-order valence-electron chi connectivity index (χ3n) is 2.21. The van der Waals surface area contributed by atoms with Crippen molar-refractivity contribution in [2.24, 2.45) is 18.8 Å². The Kier molecular flexibility index (Phi) is 7.69. The third kappa shape index (κ3) is 5.58. The second kappa shape index (κ2) is 7.60. The van der Waals surface area contributed by atoms with Crippen LogP contribution in [0.4, 0.5) is 0 Å². The van der Waals surface area contributed by atoms with Gasteiger partial charge in [-0.25, -0.2) is 0 Å². The summed E-state index contributed by atoms with van der Waals surface area (Å²) >= 11 is -2.98. The van der Waals surface area contributed by atoms with Crippen molar-refractivity contribution in [3.05, 3.63) is 0 Å². The molecule has 0 aromatic rings. The molecule has 0 fully saturated rings. The van der Waals surface area contributed by atoms with E-state index in [1.807, 2.05) is 0 Å². The van der Waals surface area contributed by atoms with Gasteiger partial charge in [-0.15, -0.1) is 0 Å². The van der Waals surface area contributed by atoms with Gasteiger partial charge in [-0.3, -0.25) is 0 Å². The molecule has 0 bridgehead atoms. The van der Waals surface area contributed by atoms with E-state index in [1.54, 1.807) is 0 Å². The molecule has 0 saturated heterocycles. The zero-order valence-corrected chi connectivity index (χ0v) is 15.7. The van der Waals surface area contributed by atoms with Crippen LogP contribution >= 0.6 is 0 Å². The Morgan fingerprint density at radius 1 is 0.765 bits per heavy atom. The van der Waals surface area contributed by atoms with Crippen LogP contribution in [-0.4, -0.2) is 48.2 Å². The molecule has 0 aromatic carbocycles. The van der Waals surface area contributed by atoms with E-state index in [-0.39, 0.29) is 0 Å². The molecule has 0 N–H and O–H groups in total. The third-order valence-corrected chi connectivity index (χ3v) is 12.8. The first-order chi connectivity index (χ1) is 7.72. The SMILES string of the molecule is CC(C)C[N]=[W](=[N]CC(C)C)([N](C)C)[N](C)C. The van der Waals surface area contributed by atoms with Crippen LogP contribution in [0, 0.1) is 11.8 Å². The van der Waals surface area contributed by atoms with Gasteiger partial charge in [0.1, 0.15) is 0 Å². The van der Waals surface area contributed by atoms with Crippen molar-refractivity contribution in [1.82, 2.24) is 6.92 Å². The van der Waals surface area contributed by atoms with E-state index in [0.29, 0.717) is 11.8 Å². The molecule has 0 aliphatic heterocycles. The van der Waals surface area contributed by atoms with Gasteiger partial charge in [0, 0.05) is 0 Å². The average molecular weight is 414 g/mol. The summed E-state index contributed by atoms with van der Waals surface area (Å²) in [5, 5.41) is 0. The van der Waals surface area contributed by atoms with Crippen LogP contribution in [0.1, 0.15) is 27.7 Å². The zero-order chi connectivity index (χ0) is 13.6. The molecule has 0 amide bonds. The molecular weight excluding hydrogens is 384 g/mol. The van der Waals surface area contributed by atoms with Gasteiger partial charge in [-0.05, 0) is 0 Å². The minimum absolute atomic E-state index is 0.611. The Balaban J connectivity index is 5.44. The average Bonchev–Trinajstić information content (AvgIpc) is 2.16. The fourth-order valence-electron chi connectivity index (χ4n) is 1.33. The maximum atomic E-state index is 5.02. The molecule has 0 aliphatic rings. The molecule has 0 rings (SSSR count). The first kappa shape index (κ1) is 17.2. The van der Waals surface area contributed by atoms with Crippen molar-refractivity contribution in [2.75, 3.05) is 41.3 Å². The van der Waals surface area contributed by atoms with Crippen LogP contribution in [0.2, 0.25) is 0 Å². The van der Waals surface area contributed by atoms with Gasteiger partial charge in [-0.1, -0.05) is 0 Å².